The van der Waals surface area contributed by atoms with Gasteiger partial charge in [-0.1, -0.05) is 44.1 Å². The molecule has 4 aromatic rings. The van der Waals surface area contributed by atoms with Gasteiger partial charge in [-0.2, -0.15) is 5.10 Å². The van der Waals surface area contributed by atoms with Gasteiger partial charge in [0.05, 0.1) is 25.5 Å². The Morgan fingerprint density at radius 3 is 2.61 bits per heavy atom. The highest BCUT2D eigenvalue weighted by Gasteiger charge is 2.45. The molecular weight excluding hydrogens is 486 g/mol. The summed E-state index contributed by atoms with van der Waals surface area (Å²) in [6.45, 7) is 6.17. The van der Waals surface area contributed by atoms with Crippen molar-refractivity contribution in [3.05, 3.63) is 82.8 Å². The molecule has 5 rings (SSSR count). The number of H-pyrrole nitrogens is 1. The monoisotopic (exact) mass is 515 g/mol. The average Bonchev–Trinajstić information content (AvgIpc) is 3.63. The van der Waals surface area contributed by atoms with Crippen molar-refractivity contribution in [1.29, 1.82) is 0 Å². The Morgan fingerprint density at radius 2 is 1.92 bits per heavy atom. The summed E-state index contributed by atoms with van der Waals surface area (Å²) < 4.78 is 11.0. The van der Waals surface area contributed by atoms with Crippen LogP contribution in [0.25, 0.3) is 11.3 Å². The summed E-state index contributed by atoms with van der Waals surface area (Å²) in [4.78, 5) is 27.6. The van der Waals surface area contributed by atoms with E-state index >= 15 is 0 Å². The van der Waals surface area contributed by atoms with Crippen LogP contribution in [0.15, 0.2) is 59.1 Å². The number of methoxy groups -OCH3 is 1. The lowest BCUT2D eigenvalue weighted by molar-refractivity contribution is 0.0934. The van der Waals surface area contributed by atoms with Gasteiger partial charge in [-0.05, 0) is 30.3 Å². The summed E-state index contributed by atoms with van der Waals surface area (Å²) in [5, 5.41) is 22.8. The van der Waals surface area contributed by atoms with Gasteiger partial charge in [0.1, 0.15) is 11.4 Å². The highest BCUT2D eigenvalue weighted by Crippen LogP contribution is 2.47. The van der Waals surface area contributed by atoms with Gasteiger partial charge in [-0.25, -0.2) is 0 Å². The Kier molecular flexibility index (Phi) is 6.50. The molecular formula is C28H29N5O5. The van der Waals surface area contributed by atoms with Crippen molar-refractivity contribution in [2.45, 2.75) is 32.2 Å². The molecule has 0 bridgehead atoms. The van der Waals surface area contributed by atoms with E-state index in [1.165, 1.54) is 6.07 Å². The van der Waals surface area contributed by atoms with Gasteiger partial charge >= 0.3 is 0 Å². The van der Waals surface area contributed by atoms with E-state index in [9.17, 15) is 9.59 Å². The summed E-state index contributed by atoms with van der Waals surface area (Å²) in [6, 6.07) is 16.1. The predicted octanol–water partition coefficient (Wildman–Crippen LogP) is 3.84. The minimum absolute atomic E-state index is 0.115. The van der Waals surface area contributed by atoms with Crippen LogP contribution in [0.3, 0.4) is 0 Å². The standard InChI is InChI=1S/C28H29N5O5/c1-28(2,3)25-22-23(30-31-25)27(36)33(24(22)18-7-5-6-8-20(18)37-4)17-11-9-16(10-12-17)21-15-19(32-38-21)26(35)29-13-14-34/h5-12,15,24,34H,13-14H2,1-4H3,(H,29,35)(H,30,31). The number of nitrogens with one attached hydrogen (secondary N) is 2. The van der Waals surface area contributed by atoms with Crippen LogP contribution in [-0.2, 0) is 5.41 Å². The van der Waals surface area contributed by atoms with Crippen LogP contribution < -0.4 is 15.0 Å². The number of fused-ring (bicyclic) bond motifs is 1. The van der Waals surface area contributed by atoms with Gasteiger partial charge in [-0.15, -0.1) is 0 Å². The summed E-state index contributed by atoms with van der Waals surface area (Å²) in [6.07, 6.45) is 0. The van der Waals surface area contributed by atoms with Crippen molar-refractivity contribution in [1.82, 2.24) is 20.7 Å². The summed E-state index contributed by atoms with van der Waals surface area (Å²) in [7, 11) is 1.62. The number of amides is 2. The van der Waals surface area contributed by atoms with Gasteiger partial charge in [0.25, 0.3) is 11.8 Å². The summed E-state index contributed by atoms with van der Waals surface area (Å²) >= 11 is 0. The van der Waals surface area contributed by atoms with Crippen LogP contribution in [0.2, 0.25) is 0 Å². The fourth-order valence-corrected chi connectivity index (χ4v) is 4.74. The number of aliphatic hydroxyl groups is 1. The lowest BCUT2D eigenvalue weighted by Crippen LogP contribution is -2.30. The van der Waals surface area contributed by atoms with E-state index < -0.39 is 11.9 Å². The number of hydrogen-bond donors (Lipinski definition) is 3. The van der Waals surface area contributed by atoms with Crippen LogP contribution in [0.1, 0.15) is 64.6 Å². The number of aliphatic hydroxyl groups excluding tert-OH is 1. The van der Waals surface area contributed by atoms with E-state index in [-0.39, 0.29) is 30.2 Å². The van der Waals surface area contributed by atoms with Crippen molar-refractivity contribution < 1.29 is 24.0 Å². The van der Waals surface area contributed by atoms with E-state index in [1.54, 1.807) is 12.0 Å². The first-order valence-corrected chi connectivity index (χ1v) is 12.3. The van der Waals surface area contributed by atoms with Crippen LogP contribution in [0.4, 0.5) is 5.69 Å². The molecule has 2 aromatic heterocycles. The first-order chi connectivity index (χ1) is 18.2. The molecule has 10 nitrogen and oxygen atoms in total. The van der Waals surface area contributed by atoms with Crippen molar-refractivity contribution >= 4 is 17.5 Å². The van der Waals surface area contributed by atoms with Gasteiger partial charge < -0.3 is 19.7 Å². The summed E-state index contributed by atoms with van der Waals surface area (Å²) in [5.41, 5.74) is 4.17. The molecule has 2 aromatic carbocycles. The van der Waals surface area contributed by atoms with E-state index in [0.29, 0.717) is 28.5 Å². The number of ether oxygens (including phenoxy) is 1. The second-order valence-corrected chi connectivity index (χ2v) is 10.0. The molecule has 0 saturated heterocycles. The molecule has 0 radical (unpaired) electrons. The first-order valence-electron chi connectivity index (χ1n) is 12.3. The number of carbonyl (C=O) groups excluding carboxylic acids is 2. The van der Waals surface area contributed by atoms with E-state index in [4.69, 9.17) is 14.4 Å². The number of hydrogen-bond acceptors (Lipinski definition) is 7. The lowest BCUT2D eigenvalue weighted by atomic mass is 9.85. The molecule has 1 aliphatic rings. The van der Waals surface area contributed by atoms with Gasteiger partial charge in [0.2, 0.25) is 0 Å². The molecule has 1 atom stereocenters. The Labute approximate surface area is 219 Å². The van der Waals surface area contributed by atoms with Crippen LogP contribution in [-0.4, -0.2) is 52.5 Å². The zero-order valence-corrected chi connectivity index (χ0v) is 21.6. The van der Waals surface area contributed by atoms with Crippen LogP contribution in [0, 0.1) is 0 Å². The maximum Gasteiger partial charge on any atom is 0.277 e. The molecule has 3 N–H and O–H groups in total. The van der Waals surface area contributed by atoms with Crippen molar-refractivity contribution in [3.63, 3.8) is 0 Å². The maximum atomic E-state index is 13.8. The Morgan fingerprint density at radius 1 is 1.18 bits per heavy atom. The fourth-order valence-electron chi connectivity index (χ4n) is 4.74. The first kappa shape index (κ1) is 25.2. The predicted molar refractivity (Wildman–Crippen MR) is 140 cm³/mol. The second kappa shape index (κ2) is 9.79. The molecule has 0 spiro atoms. The number of anilines is 1. The zero-order chi connectivity index (χ0) is 27.0. The van der Waals surface area contributed by atoms with E-state index in [0.717, 1.165) is 16.8 Å². The van der Waals surface area contributed by atoms with E-state index in [1.807, 2.05) is 48.5 Å². The molecule has 2 amide bonds. The Bertz CT molecular complexity index is 1480. The quantitative estimate of drug-likeness (QED) is 0.340. The number of nitrogens with zero attached hydrogens (tertiary/aromatic N) is 3. The molecule has 0 aliphatic carbocycles. The van der Waals surface area contributed by atoms with Crippen molar-refractivity contribution in [2.24, 2.45) is 0 Å². The maximum absolute atomic E-state index is 13.8. The minimum atomic E-state index is -0.445. The fraction of sp³-hybridized carbons (Fsp3) is 0.286. The lowest BCUT2D eigenvalue weighted by Gasteiger charge is -2.29. The number of para-hydroxylation sites is 1. The van der Waals surface area contributed by atoms with Gasteiger partial charge in [0, 0.05) is 40.4 Å². The number of rotatable bonds is 7. The normalized spacial score (nSPS) is 15.0. The average molecular weight is 516 g/mol. The number of benzene rings is 2. The summed E-state index contributed by atoms with van der Waals surface area (Å²) in [5.74, 6) is 0.463. The minimum Gasteiger partial charge on any atom is -0.496 e. The molecule has 196 valence electrons. The molecule has 38 heavy (non-hydrogen) atoms. The Hall–Kier alpha value is -4.44. The van der Waals surface area contributed by atoms with Crippen molar-refractivity contribution in [2.75, 3.05) is 25.2 Å². The highest BCUT2D eigenvalue weighted by atomic mass is 16.5. The molecule has 3 heterocycles. The molecule has 1 aliphatic heterocycles. The third-order valence-electron chi connectivity index (χ3n) is 6.48. The zero-order valence-electron chi connectivity index (χ0n) is 21.6. The topological polar surface area (TPSA) is 134 Å². The Balaban J connectivity index is 1.54. The smallest absolute Gasteiger partial charge is 0.277 e. The second-order valence-electron chi connectivity index (χ2n) is 10.0. The largest absolute Gasteiger partial charge is 0.496 e. The number of aromatic nitrogens is 3. The SMILES string of the molecule is COc1ccccc1C1c2c(C(C)(C)C)n[nH]c2C(=O)N1c1ccc(-c2cc(C(=O)NCCO)no2)cc1. The third kappa shape index (κ3) is 4.32. The highest BCUT2D eigenvalue weighted by molar-refractivity contribution is 6.11. The van der Waals surface area contributed by atoms with Gasteiger partial charge in [-0.3, -0.25) is 19.6 Å². The number of aromatic amines is 1. The van der Waals surface area contributed by atoms with Crippen LogP contribution in [0.5, 0.6) is 5.75 Å². The molecule has 10 heteroatoms. The molecule has 0 fully saturated rings. The molecule has 1 unspecified atom stereocenters. The molecule has 0 saturated carbocycles. The number of carbonyl (C=O) groups is 2. The van der Waals surface area contributed by atoms with Crippen LogP contribution >= 0.6 is 0 Å². The van der Waals surface area contributed by atoms with E-state index in [2.05, 4.69) is 41.4 Å². The van der Waals surface area contributed by atoms with Crippen molar-refractivity contribution in [3.8, 4) is 17.1 Å². The third-order valence-corrected chi connectivity index (χ3v) is 6.48. The van der Waals surface area contributed by atoms with Gasteiger partial charge in [0.15, 0.2) is 11.5 Å².